The van der Waals surface area contributed by atoms with E-state index in [4.69, 9.17) is 10.5 Å². The van der Waals surface area contributed by atoms with Crippen LogP contribution in [0.4, 0.5) is 16.3 Å². The van der Waals surface area contributed by atoms with Gasteiger partial charge in [-0.15, -0.1) is 0 Å². The maximum Gasteiger partial charge on any atom is 0.410 e. The zero-order valence-corrected chi connectivity index (χ0v) is 13.2. The number of carbonyl (C=O) groups excluding carboxylic acids is 1. The minimum atomic E-state index is -0.453. The monoisotopic (exact) mass is 292 g/mol. The van der Waals surface area contributed by atoms with Gasteiger partial charge in [-0.3, -0.25) is 0 Å². The number of aromatic nitrogens is 1. The summed E-state index contributed by atoms with van der Waals surface area (Å²) < 4.78 is 5.40. The van der Waals surface area contributed by atoms with Gasteiger partial charge in [-0.25, -0.2) is 9.78 Å². The lowest BCUT2D eigenvalue weighted by Gasteiger charge is -2.37. The van der Waals surface area contributed by atoms with Crippen molar-refractivity contribution in [3.8, 4) is 0 Å². The van der Waals surface area contributed by atoms with Crippen molar-refractivity contribution in [1.82, 2.24) is 9.88 Å². The molecule has 116 valence electrons. The Kier molecular flexibility index (Phi) is 4.25. The molecule has 2 rings (SSSR count). The van der Waals surface area contributed by atoms with Crippen LogP contribution in [0.1, 0.15) is 26.3 Å². The molecular weight excluding hydrogens is 268 g/mol. The third-order valence-corrected chi connectivity index (χ3v) is 3.38. The van der Waals surface area contributed by atoms with Gasteiger partial charge in [-0.2, -0.15) is 0 Å². The Morgan fingerprint density at radius 3 is 2.43 bits per heavy atom. The molecule has 0 saturated carbocycles. The maximum absolute atomic E-state index is 12.0. The van der Waals surface area contributed by atoms with E-state index in [1.54, 1.807) is 11.1 Å². The summed E-state index contributed by atoms with van der Waals surface area (Å²) in [6, 6.07) is 1.87. The van der Waals surface area contributed by atoms with Crippen molar-refractivity contribution in [2.45, 2.75) is 33.3 Å². The standard InChI is InChI=1S/C15H24N4O2/c1-11-9-13(16)17-10-12(11)18-5-7-19(8-6-18)14(20)21-15(2,3)4/h9-10H,5-8H2,1-4H3,(H2,16,17). The summed E-state index contributed by atoms with van der Waals surface area (Å²) in [6.45, 7) is 10.5. The first kappa shape index (κ1) is 15.4. The molecule has 0 spiro atoms. The average Bonchev–Trinajstić information content (AvgIpc) is 2.37. The number of rotatable bonds is 1. The van der Waals surface area contributed by atoms with Crippen molar-refractivity contribution in [1.29, 1.82) is 0 Å². The number of nitrogen functional groups attached to an aromatic ring is 1. The zero-order chi connectivity index (χ0) is 15.6. The van der Waals surface area contributed by atoms with Gasteiger partial charge < -0.3 is 20.3 Å². The SMILES string of the molecule is Cc1cc(N)ncc1N1CCN(C(=O)OC(C)(C)C)CC1. The molecule has 1 aromatic heterocycles. The average molecular weight is 292 g/mol. The molecule has 0 unspecified atom stereocenters. The number of pyridine rings is 1. The number of hydrogen-bond donors (Lipinski definition) is 1. The second-order valence-corrected chi connectivity index (χ2v) is 6.35. The normalized spacial score (nSPS) is 16.0. The predicted octanol–water partition coefficient (Wildman–Crippen LogP) is 2.03. The Hall–Kier alpha value is -1.98. The molecule has 1 amide bonds. The van der Waals surface area contributed by atoms with E-state index in [0.717, 1.165) is 24.3 Å². The quantitative estimate of drug-likeness (QED) is 0.857. The van der Waals surface area contributed by atoms with Crippen LogP contribution in [0.3, 0.4) is 0 Å². The van der Waals surface area contributed by atoms with Crippen molar-refractivity contribution < 1.29 is 9.53 Å². The highest BCUT2D eigenvalue weighted by molar-refractivity contribution is 5.68. The predicted molar refractivity (Wildman–Crippen MR) is 83.4 cm³/mol. The number of ether oxygens (including phenoxy) is 1. The summed E-state index contributed by atoms with van der Waals surface area (Å²) in [5.74, 6) is 0.531. The number of amides is 1. The van der Waals surface area contributed by atoms with Gasteiger partial charge in [0.25, 0.3) is 0 Å². The van der Waals surface area contributed by atoms with E-state index in [2.05, 4.69) is 9.88 Å². The molecule has 0 atom stereocenters. The third-order valence-electron chi connectivity index (χ3n) is 3.38. The Balaban J connectivity index is 1.95. The lowest BCUT2D eigenvalue weighted by atomic mass is 10.2. The van der Waals surface area contributed by atoms with Gasteiger partial charge in [0.1, 0.15) is 11.4 Å². The summed E-state index contributed by atoms with van der Waals surface area (Å²) in [7, 11) is 0. The Labute approximate surface area is 125 Å². The summed E-state index contributed by atoms with van der Waals surface area (Å²) in [6.07, 6.45) is 1.56. The second-order valence-electron chi connectivity index (χ2n) is 6.35. The molecule has 6 nitrogen and oxygen atoms in total. The van der Waals surface area contributed by atoms with Crippen LogP contribution in [0.5, 0.6) is 0 Å². The van der Waals surface area contributed by atoms with E-state index in [9.17, 15) is 4.79 Å². The largest absolute Gasteiger partial charge is 0.444 e. The van der Waals surface area contributed by atoms with Crippen LogP contribution in [0.2, 0.25) is 0 Å². The van der Waals surface area contributed by atoms with Gasteiger partial charge in [0.05, 0.1) is 11.9 Å². The Morgan fingerprint density at radius 1 is 1.29 bits per heavy atom. The number of anilines is 2. The smallest absolute Gasteiger partial charge is 0.410 e. The number of piperazine rings is 1. The molecule has 0 aromatic carbocycles. The van der Waals surface area contributed by atoms with Crippen LogP contribution < -0.4 is 10.6 Å². The summed E-state index contributed by atoms with van der Waals surface area (Å²) >= 11 is 0. The Morgan fingerprint density at radius 2 is 1.90 bits per heavy atom. The maximum atomic E-state index is 12.0. The minimum Gasteiger partial charge on any atom is -0.444 e. The molecule has 0 radical (unpaired) electrons. The highest BCUT2D eigenvalue weighted by atomic mass is 16.6. The van der Waals surface area contributed by atoms with Crippen molar-refractivity contribution >= 4 is 17.6 Å². The molecule has 6 heteroatoms. The number of nitrogens with zero attached hydrogens (tertiary/aromatic N) is 3. The van der Waals surface area contributed by atoms with Crippen molar-refractivity contribution in [3.63, 3.8) is 0 Å². The molecule has 1 saturated heterocycles. The molecule has 21 heavy (non-hydrogen) atoms. The molecule has 1 aromatic rings. The first-order valence-electron chi connectivity index (χ1n) is 7.21. The topological polar surface area (TPSA) is 71.7 Å². The number of carbonyl (C=O) groups is 1. The van der Waals surface area contributed by atoms with E-state index in [-0.39, 0.29) is 6.09 Å². The van der Waals surface area contributed by atoms with E-state index in [1.807, 2.05) is 33.8 Å². The zero-order valence-electron chi connectivity index (χ0n) is 13.2. The van der Waals surface area contributed by atoms with Gasteiger partial charge in [-0.05, 0) is 39.3 Å². The number of hydrogen-bond acceptors (Lipinski definition) is 5. The molecular formula is C15H24N4O2. The first-order chi connectivity index (χ1) is 9.76. The molecule has 1 aliphatic rings. The van der Waals surface area contributed by atoms with Crippen LogP contribution in [-0.4, -0.2) is 47.8 Å². The number of nitrogens with two attached hydrogens (primary N) is 1. The second kappa shape index (κ2) is 5.79. The highest BCUT2D eigenvalue weighted by Crippen LogP contribution is 2.22. The van der Waals surface area contributed by atoms with E-state index in [0.29, 0.717) is 18.9 Å². The summed E-state index contributed by atoms with van der Waals surface area (Å²) in [5.41, 5.74) is 7.41. The molecule has 1 aliphatic heterocycles. The van der Waals surface area contributed by atoms with Crippen molar-refractivity contribution in [2.24, 2.45) is 0 Å². The lowest BCUT2D eigenvalue weighted by molar-refractivity contribution is 0.0240. The summed E-state index contributed by atoms with van der Waals surface area (Å²) in [5, 5.41) is 0. The Bertz CT molecular complexity index is 517. The van der Waals surface area contributed by atoms with Gasteiger partial charge in [-0.1, -0.05) is 0 Å². The van der Waals surface area contributed by atoms with Crippen LogP contribution in [-0.2, 0) is 4.74 Å². The third kappa shape index (κ3) is 4.00. The van der Waals surface area contributed by atoms with Crippen LogP contribution >= 0.6 is 0 Å². The molecule has 2 N–H and O–H groups in total. The van der Waals surface area contributed by atoms with Gasteiger partial charge >= 0.3 is 6.09 Å². The van der Waals surface area contributed by atoms with Gasteiger partial charge in [0.2, 0.25) is 0 Å². The number of aryl methyl sites for hydroxylation is 1. The highest BCUT2D eigenvalue weighted by Gasteiger charge is 2.26. The van der Waals surface area contributed by atoms with Crippen LogP contribution in [0.25, 0.3) is 0 Å². The van der Waals surface area contributed by atoms with Gasteiger partial charge in [0.15, 0.2) is 0 Å². The fourth-order valence-electron chi connectivity index (χ4n) is 2.36. The molecule has 2 heterocycles. The van der Waals surface area contributed by atoms with Crippen molar-refractivity contribution in [2.75, 3.05) is 36.8 Å². The minimum absolute atomic E-state index is 0.241. The van der Waals surface area contributed by atoms with Gasteiger partial charge in [0, 0.05) is 26.2 Å². The molecule has 0 bridgehead atoms. The molecule has 1 fully saturated rings. The van der Waals surface area contributed by atoms with Crippen molar-refractivity contribution in [3.05, 3.63) is 17.8 Å². The fourth-order valence-corrected chi connectivity index (χ4v) is 2.36. The molecule has 0 aliphatic carbocycles. The lowest BCUT2D eigenvalue weighted by Crippen LogP contribution is -2.50. The first-order valence-corrected chi connectivity index (χ1v) is 7.21. The summed E-state index contributed by atoms with van der Waals surface area (Å²) in [4.78, 5) is 20.2. The fraction of sp³-hybridized carbons (Fsp3) is 0.600. The van der Waals surface area contributed by atoms with Crippen LogP contribution in [0.15, 0.2) is 12.3 Å². The van der Waals surface area contributed by atoms with Crippen LogP contribution in [0, 0.1) is 6.92 Å². The van der Waals surface area contributed by atoms with E-state index < -0.39 is 5.60 Å². The van der Waals surface area contributed by atoms with E-state index >= 15 is 0 Å². The van der Waals surface area contributed by atoms with E-state index in [1.165, 1.54) is 0 Å².